The van der Waals surface area contributed by atoms with Crippen LogP contribution in [0.5, 0.6) is 5.75 Å². The Hall–Kier alpha value is -1.20. The van der Waals surface area contributed by atoms with Crippen molar-refractivity contribution in [3.8, 4) is 5.75 Å². The van der Waals surface area contributed by atoms with E-state index in [-0.39, 0.29) is 5.56 Å². The maximum atomic E-state index is 13.5. The summed E-state index contributed by atoms with van der Waals surface area (Å²) in [4.78, 5) is 0.526. The fraction of sp³-hybridized carbons (Fsp3) is 0.167. The SMILES string of the molecule is COc1csc(C(Cl)c2c(F)cc(F)cc2F)c1. The first kappa shape index (κ1) is 13.2. The van der Waals surface area contributed by atoms with Crippen LogP contribution >= 0.6 is 22.9 Å². The molecule has 6 heteroatoms. The number of ether oxygens (including phenoxy) is 1. The van der Waals surface area contributed by atoms with E-state index in [1.807, 2.05) is 0 Å². The number of rotatable bonds is 3. The summed E-state index contributed by atoms with van der Waals surface area (Å²) in [7, 11) is 1.48. The van der Waals surface area contributed by atoms with Gasteiger partial charge in [-0.3, -0.25) is 0 Å². The lowest BCUT2D eigenvalue weighted by atomic mass is 10.1. The Labute approximate surface area is 111 Å². The molecular weight excluding hydrogens is 285 g/mol. The van der Waals surface area contributed by atoms with Gasteiger partial charge in [-0.15, -0.1) is 22.9 Å². The van der Waals surface area contributed by atoms with E-state index < -0.39 is 22.8 Å². The van der Waals surface area contributed by atoms with Gasteiger partial charge in [0, 0.05) is 28.0 Å². The number of thiophene rings is 1. The van der Waals surface area contributed by atoms with Crippen LogP contribution in [-0.2, 0) is 0 Å². The zero-order chi connectivity index (χ0) is 13.3. The summed E-state index contributed by atoms with van der Waals surface area (Å²) in [5, 5.41) is 0.656. The van der Waals surface area contributed by atoms with Crippen LogP contribution in [-0.4, -0.2) is 7.11 Å². The third-order valence-corrected chi connectivity index (χ3v) is 3.94. The minimum absolute atomic E-state index is 0.359. The van der Waals surface area contributed by atoms with E-state index >= 15 is 0 Å². The normalized spacial score (nSPS) is 12.5. The van der Waals surface area contributed by atoms with E-state index in [1.54, 1.807) is 11.4 Å². The first-order chi connectivity index (χ1) is 8.52. The summed E-state index contributed by atoms with van der Waals surface area (Å²) in [5.74, 6) is -2.41. The third-order valence-electron chi connectivity index (χ3n) is 2.38. The summed E-state index contributed by atoms with van der Waals surface area (Å²) in [5.41, 5.74) is -0.359. The minimum atomic E-state index is -1.01. The lowest BCUT2D eigenvalue weighted by Crippen LogP contribution is -2.00. The summed E-state index contributed by atoms with van der Waals surface area (Å²) in [6.07, 6.45) is 0. The fourth-order valence-electron chi connectivity index (χ4n) is 1.51. The van der Waals surface area contributed by atoms with Crippen molar-refractivity contribution in [1.82, 2.24) is 0 Å². The second-order valence-electron chi connectivity index (χ2n) is 3.53. The smallest absolute Gasteiger partial charge is 0.134 e. The predicted molar refractivity (Wildman–Crippen MR) is 64.9 cm³/mol. The highest BCUT2D eigenvalue weighted by molar-refractivity contribution is 7.10. The molecular formula is C12H8ClF3OS. The Kier molecular flexibility index (Phi) is 3.82. The van der Waals surface area contributed by atoms with Crippen LogP contribution in [0.3, 0.4) is 0 Å². The zero-order valence-electron chi connectivity index (χ0n) is 9.22. The van der Waals surface area contributed by atoms with E-state index in [0.29, 0.717) is 22.8 Å². The van der Waals surface area contributed by atoms with Crippen molar-refractivity contribution in [2.75, 3.05) is 7.11 Å². The largest absolute Gasteiger partial charge is 0.496 e. The monoisotopic (exact) mass is 292 g/mol. The van der Waals surface area contributed by atoms with Gasteiger partial charge in [-0.05, 0) is 6.07 Å². The molecule has 2 aromatic rings. The molecule has 0 aliphatic heterocycles. The van der Waals surface area contributed by atoms with Crippen molar-refractivity contribution < 1.29 is 17.9 Å². The molecule has 1 atom stereocenters. The molecule has 0 fully saturated rings. The highest BCUT2D eigenvalue weighted by Crippen LogP contribution is 2.37. The van der Waals surface area contributed by atoms with Crippen LogP contribution in [0, 0.1) is 17.5 Å². The van der Waals surface area contributed by atoms with Crippen LogP contribution in [0.15, 0.2) is 23.6 Å². The molecule has 1 heterocycles. The quantitative estimate of drug-likeness (QED) is 0.757. The molecule has 18 heavy (non-hydrogen) atoms. The van der Waals surface area contributed by atoms with Crippen molar-refractivity contribution in [3.63, 3.8) is 0 Å². The van der Waals surface area contributed by atoms with Gasteiger partial charge in [0.1, 0.15) is 23.2 Å². The number of hydrogen-bond donors (Lipinski definition) is 0. The van der Waals surface area contributed by atoms with Crippen LogP contribution in [0.25, 0.3) is 0 Å². The molecule has 1 aromatic heterocycles. The third kappa shape index (κ3) is 2.47. The molecule has 0 aliphatic carbocycles. The minimum Gasteiger partial charge on any atom is -0.496 e. The topological polar surface area (TPSA) is 9.23 Å². The predicted octanol–water partition coefficient (Wildman–Crippen LogP) is 4.50. The molecule has 0 N–H and O–H groups in total. The molecule has 0 bridgehead atoms. The lowest BCUT2D eigenvalue weighted by Gasteiger charge is -2.10. The van der Waals surface area contributed by atoms with Crippen LogP contribution in [0.1, 0.15) is 15.8 Å². The highest BCUT2D eigenvalue weighted by Gasteiger charge is 2.22. The van der Waals surface area contributed by atoms with Crippen LogP contribution < -0.4 is 4.74 Å². The van der Waals surface area contributed by atoms with Gasteiger partial charge in [0.15, 0.2) is 0 Å². The van der Waals surface area contributed by atoms with Crippen LogP contribution in [0.2, 0.25) is 0 Å². The first-order valence-electron chi connectivity index (χ1n) is 4.94. The number of methoxy groups -OCH3 is 1. The molecule has 0 saturated carbocycles. The van der Waals surface area contributed by atoms with Crippen molar-refractivity contribution in [1.29, 1.82) is 0 Å². The average Bonchev–Trinajstić information content (AvgIpc) is 2.75. The number of alkyl halides is 1. The maximum Gasteiger partial charge on any atom is 0.134 e. The van der Waals surface area contributed by atoms with Gasteiger partial charge in [0.05, 0.1) is 12.5 Å². The standard InChI is InChI=1S/C12H8ClF3OS/c1-17-7-4-10(18-5-7)12(13)11-8(15)2-6(14)3-9(11)16/h2-5,12H,1H3. The molecule has 1 nitrogen and oxygen atoms in total. The van der Waals surface area contributed by atoms with Gasteiger partial charge >= 0.3 is 0 Å². The zero-order valence-corrected chi connectivity index (χ0v) is 10.8. The summed E-state index contributed by atoms with van der Waals surface area (Å²) in [6.45, 7) is 0. The first-order valence-corrected chi connectivity index (χ1v) is 6.25. The van der Waals surface area contributed by atoms with Gasteiger partial charge in [-0.2, -0.15) is 0 Å². The van der Waals surface area contributed by atoms with Crippen molar-refractivity contribution in [2.45, 2.75) is 5.38 Å². The Morgan fingerprint density at radius 2 is 1.78 bits per heavy atom. The maximum absolute atomic E-state index is 13.5. The summed E-state index contributed by atoms with van der Waals surface area (Å²) < 4.78 is 44.8. The van der Waals surface area contributed by atoms with Gasteiger partial charge in [0.2, 0.25) is 0 Å². The highest BCUT2D eigenvalue weighted by atomic mass is 35.5. The van der Waals surface area contributed by atoms with Gasteiger partial charge in [-0.25, -0.2) is 13.2 Å². The van der Waals surface area contributed by atoms with E-state index in [2.05, 4.69) is 0 Å². The van der Waals surface area contributed by atoms with E-state index in [1.165, 1.54) is 18.4 Å². The van der Waals surface area contributed by atoms with Gasteiger partial charge < -0.3 is 4.74 Å². The Bertz CT molecular complexity index is 547. The average molecular weight is 293 g/mol. The molecule has 0 saturated heterocycles. The summed E-state index contributed by atoms with van der Waals surface area (Å²) in [6, 6.07) is 2.81. The molecule has 0 radical (unpaired) electrons. The number of benzene rings is 1. The van der Waals surface area contributed by atoms with Crippen molar-refractivity contribution in [3.05, 3.63) is 51.5 Å². The van der Waals surface area contributed by atoms with E-state index in [4.69, 9.17) is 16.3 Å². The summed E-state index contributed by atoms with van der Waals surface area (Å²) >= 11 is 7.23. The number of hydrogen-bond acceptors (Lipinski definition) is 2. The second kappa shape index (κ2) is 5.20. The van der Waals surface area contributed by atoms with Crippen molar-refractivity contribution >= 4 is 22.9 Å². The van der Waals surface area contributed by atoms with Gasteiger partial charge in [-0.1, -0.05) is 0 Å². The molecule has 96 valence electrons. The number of halogens is 4. The molecule has 0 spiro atoms. The molecule has 1 unspecified atom stereocenters. The van der Waals surface area contributed by atoms with E-state index in [0.717, 1.165) is 0 Å². The second-order valence-corrected chi connectivity index (χ2v) is 4.91. The Balaban J connectivity index is 2.42. The Morgan fingerprint density at radius 3 is 2.28 bits per heavy atom. The van der Waals surface area contributed by atoms with Crippen LogP contribution in [0.4, 0.5) is 13.2 Å². The molecule has 0 amide bonds. The van der Waals surface area contributed by atoms with Gasteiger partial charge in [0.25, 0.3) is 0 Å². The van der Waals surface area contributed by atoms with Crippen molar-refractivity contribution in [2.24, 2.45) is 0 Å². The Morgan fingerprint density at radius 1 is 1.17 bits per heavy atom. The molecule has 0 aliphatic rings. The fourth-order valence-corrected chi connectivity index (χ4v) is 2.78. The molecule has 2 rings (SSSR count). The lowest BCUT2D eigenvalue weighted by molar-refractivity contribution is 0.416. The molecule has 1 aromatic carbocycles. The van der Waals surface area contributed by atoms with E-state index in [9.17, 15) is 13.2 Å².